The molecule has 3 nitrogen and oxygen atoms in total. The van der Waals surface area contributed by atoms with Gasteiger partial charge in [0.05, 0.1) is 5.56 Å². The standard InChI is InChI=1S/C13H17NO2/c1-3-5-10-9-11(14)6-7-12(10)13(15)16-8-4-2/h4,6-7,9H,2-3,5,8,14H2,1H3. The molecule has 0 aliphatic carbocycles. The summed E-state index contributed by atoms with van der Waals surface area (Å²) >= 11 is 0. The number of benzene rings is 1. The molecule has 3 heteroatoms. The van der Waals surface area contributed by atoms with Crippen LogP contribution in [0.1, 0.15) is 29.3 Å². The van der Waals surface area contributed by atoms with E-state index in [0.717, 1.165) is 18.4 Å². The van der Waals surface area contributed by atoms with E-state index in [-0.39, 0.29) is 12.6 Å². The molecule has 0 spiro atoms. The summed E-state index contributed by atoms with van der Waals surface area (Å²) in [4.78, 5) is 11.7. The quantitative estimate of drug-likeness (QED) is 0.470. The average molecular weight is 219 g/mol. The van der Waals surface area contributed by atoms with E-state index in [1.165, 1.54) is 0 Å². The molecule has 0 heterocycles. The van der Waals surface area contributed by atoms with Crippen LogP contribution in [0.5, 0.6) is 0 Å². The second-order valence-electron chi connectivity index (χ2n) is 3.55. The molecule has 0 unspecified atom stereocenters. The molecular formula is C13H17NO2. The molecule has 0 saturated heterocycles. The predicted octanol–water partition coefficient (Wildman–Crippen LogP) is 2.56. The topological polar surface area (TPSA) is 52.3 Å². The molecule has 0 saturated carbocycles. The summed E-state index contributed by atoms with van der Waals surface area (Å²) in [7, 11) is 0. The fourth-order valence-corrected chi connectivity index (χ4v) is 1.50. The number of rotatable bonds is 5. The van der Waals surface area contributed by atoms with Crippen molar-refractivity contribution in [3.05, 3.63) is 42.0 Å². The Hall–Kier alpha value is -1.77. The summed E-state index contributed by atoms with van der Waals surface area (Å²) < 4.78 is 5.01. The van der Waals surface area contributed by atoms with E-state index >= 15 is 0 Å². The monoisotopic (exact) mass is 219 g/mol. The Morgan fingerprint density at radius 3 is 2.94 bits per heavy atom. The summed E-state index contributed by atoms with van der Waals surface area (Å²) in [6, 6.07) is 5.25. The smallest absolute Gasteiger partial charge is 0.338 e. The number of ether oxygens (including phenoxy) is 1. The maximum atomic E-state index is 11.7. The molecule has 2 N–H and O–H groups in total. The highest BCUT2D eigenvalue weighted by molar-refractivity contribution is 5.91. The summed E-state index contributed by atoms with van der Waals surface area (Å²) in [5.74, 6) is -0.316. The molecular weight excluding hydrogens is 202 g/mol. The number of nitrogen functional groups attached to an aromatic ring is 1. The Balaban J connectivity index is 2.92. The molecule has 0 atom stereocenters. The van der Waals surface area contributed by atoms with Crippen molar-refractivity contribution in [1.29, 1.82) is 0 Å². The molecule has 0 bridgehead atoms. The van der Waals surface area contributed by atoms with Gasteiger partial charge in [0.25, 0.3) is 0 Å². The van der Waals surface area contributed by atoms with Crippen molar-refractivity contribution in [3.63, 3.8) is 0 Å². The highest BCUT2D eigenvalue weighted by atomic mass is 16.5. The zero-order valence-electron chi connectivity index (χ0n) is 9.53. The molecule has 0 radical (unpaired) electrons. The summed E-state index contributed by atoms with van der Waals surface area (Å²) in [6.07, 6.45) is 3.34. The van der Waals surface area contributed by atoms with Gasteiger partial charge in [-0.3, -0.25) is 0 Å². The Morgan fingerprint density at radius 1 is 1.56 bits per heavy atom. The lowest BCUT2D eigenvalue weighted by Gasteiger charge is -2.08. The van der Waals surface area contributed by atoms with Crippen LogP contribution in [0.3, 0.4) is 0 Å². The van der Waals surface area contributed by atoms with Crippen LogP contribution in [-0.2, 0) is 11.2 Å². The third-order valence-electron chi connectivity index (χ3n) is 2.20. The lowest BCUT2D eigenvalue weighted by Crippen LogP contribution is -2.09. The normalized spacial score (nSPS) is 9.81. The number of carbonyl (C=O) groups is 1. The zero-order chi connectivity index (χ0) is 12.0. The van der Waals surface area contributed by atoms with Gasteiger partial charge in [-0.1, -0.05) is 26.0 Å². The van der Waals surface area contributed by atoms with Crippen molar-refractivity contribution < 1.29 is 9.53 Å². The predicted molar refractivity (Wildman–Crippen MR) is 65.3 cm³/mol. The Bertz CT molecular complexity index is 386. The van der Waals surface area contributed by atoms with E-state index in [2.05, 4.69) is 13.5 Å². The number of hydrogen-bond acceptors (Lipinski definition) is 3. The fourth-order valence-electron chi connectivity index (χ4n) is 1.50. The van der Waals surface area contributed by atoms with E-state index < -0.39 is 0 Å². The molecule has 0 aromatic heterocycles. The first kappa shape index (κ1) is 12.3. The van der Waals surface area contributed by atoms with Gasteiger partial charge >= 0.3 is 5.97 Å². The molecule has 16 heavy (non-hydrogen) atoms. The van der Waals surface area contributed by atoms with Gasteiger partial charge in [-0.25, -0.2) is 4.79 Å². The number of esters is 1. The van der Waals surface area contributed by atoms with Crippen LogP contribution in [0.4, 0.5) is 5.69 Å². The van der Waals surface area contributed by atoms with Crippen molar-refractivity contribution in [1.82, 2.24) is 0 Å². The van der Waals surface area contributed by atoms with Crippen LogP contribution in [0.2, 0.25) is 0 Å². The minimum absolute atomic E-state index is 0.231. The van der Waals surface area contributed by atoms with Crippen LogP contribution in [-0.4, -0.2) is 12.6 Å². The summed E-state index contributed by atoms with van der Waals surface area (Å²) in [5.41, 5.74) is 7.90. The van der Waals surface area contributed by atoms with Crippen LogP contribution in [0.15, 0.2) is 30.9 Å². The van der Waals surface area contributed by atoms with Gasteiger partial charge in [-0.15, -0.1) is 0 Å². The van der Waals surface area contributed by atoms with Gasteiger partial charge in [0.15, 0.2) is 0 Å². The van der Waals surface area contributed by atoms with Crippen molar-refractivity contribution >= 4 is 11.7 Å². The molecule has 1 aromatic carbocycles. The summed E-state index contributed by atoms with van der Waals surface area (Å²) in [6.45, 7) is 5.79. The molecule has 0 amide bonds. The average Bonchev–Trinajstić information content (AvgIpc) is 2.26. The zero-order valence-corrected chi connectivity index (χ0v) is 9.53. The van der Waals surface area contributed by atoms with E-state index in [1.807, 2.05) is 6.07 Å². The lowest BCUT2D eigenvalue weighted by molar-refractivity contribution is 0.0548. The van der Waals surface area contributed by atoms with E-state index in [4.69, 9.17) is 10.5 Å². The Morgan fingerprint density at radius 2 is 2.31 bits per heavy atom. The highest BCUT2D eigenvalue weighted by Gasteiger charge is 2.11. The minimum Gasteiger partial charge on any atom is -0.458 e. The number of carbonyl (C=O) groups excluding carboxylic acids is 1. The van der Waals surface area contributed by atoms with Crippen LogP contribution < -0.4 is 5.73 Å². The van der Waals surface area contributed by atoms with Gasteiger partial charge < -0.3 is 10.5 Å². The second-order valence-corrected chi connectivity index (χ2v) is 3.55. The molecule has 0 fully saturated rings. The van der Waals surface area contributed by atoms with Crippen molar-refractivity contribution in [3.8, 4) is 0 Å². The van der Waals surface area contributed by atoms with Gasteiger partial charge in [-0.05, 0) is 30.2 Å². The third-order valence-corrected chi connectivity index (χ3v) is 2.20. The lowest BCUT2D eigenvalue weighted by atomic mass is 10.0. The first-order valence-electron chi connectivity index (χ1n) is 5.35. The maximum absolute atomic E-state index is 11.7. The molecule has 0 aliphatic heterocycles. The number of aryl methyl sites for hydroxylation is 1. The van der Waals surface area contributed by atoms with Crippen LogP contribution >= 0.6 is 0 Å². The van der Waals surface area contributed by atoms with Gasteiger partial charge in [-0.2, -0.15) is 0 Å². The second kappa shape index (κ2) is 5.95. The first-order valence-corrected chi connectivity index (χ1v) is 5.35. The van der Waals surface area contributed by atoms with E-state index in [0.29, 0.717) is 11.3 Å². The van der Waals surface area contributed by atoms with Crippen molar-refractivity contribution in [2.45, 2.75) is 19.8 Å². The van der Waals surface area contributed by atoms with Crippen molar-refractivity contribution in [2.75, 3.05) is 12.3 Å². The molecule has 1 rings (SSSR count). The van der Waals surface area contributed by atoms with Crippen LogP contribution in [0, 0.1) is 0 Å². The minimum atomic E-state index is -0.316. The van der Waals surface area contributed by atoms with Gasteiger partial charge in [0.1, 0.15) is 6.61 Å². The van der Waals surface area contributed by atoms with E-state index in [1.54, 1.807) is 18.2 Å². The van der Waals surface area contributed by atoms with Gasteiger partial charge in [0.2, 0.25) is 0 Å². The highest BCUT2D eigenvalue weighted by Crippen LogP contribution is 2.16. The van der Waals surface area contributed by atoms with Crippen molar-refractivity contribution in [2.24, 2.45) is 0 Å². The Labute approximate surface area is 95.9 Å². The largest absolute Gasteiger partial charge is 0.458 e. The summed E-state index contributed by atoms with van der Waals surface area (Å²) in [5, 5.41) is 0. The SMILES string of the molecule is C=CCOC(=O)c1ccc(N)cc1CCC. The molecule has 0 aliphatic rings. The fraction of sp³-hybridized carbons (Fsp3) is 0.308. The molecule has 86 valence electrons. The van der Waals surface area contributed by atoms with E-state index in [9.17, 15) is 4.79 Å². The number of anilines is 1. The number of nitrogens with two attached hydrogens (primary N) is 1. The molecule has 1 aromatic rings. The Kier molecular flexibility index (Phi) is 4.58. The number of hydrogen-bond donors (Lipinski definition) is 1. The maximum Gasteiger partial charge on any atom is 0.338 e. The first-order chi connectivity index (χ1) is 7.69. The van der Waals surface area contributed by atoms with Crippen LogP contribution in [0.25, 0.3) is 0 Å². The van der Waals surface area contributed by atoms with Gasteiger partial charge in [0, 0.05) is 5.69 Å². The third kappa shape index (κ3) is 3.12.